The van der Waals surface area contributed by atoms with Gasteiger partial charge in [0, 0.05) is 11.8 Å². The van der Waals surface area contributed by atoms with E-state index in [0.717, 1.165) is 5.56 Å². The number of hydrogen-bond donors (Lipinski definition) is 0. The van der Waals surface area contributed by atoms with Crippen molar-refractivity contribution in [2.24, 2.45) is 0 Å². The number of hydrogen-bond acceptors (Lipinski definition) is 5. The highest BCUT2D eigenvalue weighted by Crippen LogP contribution is 2.32. The monoisotopic (exact) mass is 283 g/mol. The molecule has 1 aromatic heterocycles. The highest BCUT2D eigenvalue weighted by Gasteiger charge is 2.18. The maximum Gasteiger partial charge on any atom is 0.311 e. The van der Waals surface area contributed by atoms with Crippen LogP contribution in [0.4, 0.5) is 5.69 Å². The van der Waals surface area contributed by atoms with Gasteiger partial charge in [0.1, 0.15) is 11.6 Å². The number of nitrogens with zero attached hydrogens (tertiary/aromatic N) is 3. The standard InChI is InChI=1S/C15H13N3O3/c1-3-11-5-7-14(13(8-11)18(19)20)21-15-12(9-16)6-4-10(2)17-15/h4-8H,3H2,1-2H3. The minimum Gasteiger partial charge on any atom is -0.430 e. The van der Waals surface area contributed by atoms with Crippen molar-refractivity contribution < 1.29 is 9.66 Å². The molecule has 0 saturated carbocycles. The Morgan fingerprint density at radius 2 is 2.14 bits per heavy atom. The third-order valence-corrected chi connectivity index (χ3v) is 2.95. The van der Waals surface area contributed by atoms with Crippen molar-refractivity contribution in [2.75, 3.05) is 0 Å². The number of nitro benzene ring substituents is 1. The second-order valence-corrected chi connectivity index (χ2v) is 4.43. The van der Waals surface area contributed by atoms with Crippen molar-refractivity contribution in [3.05, 3.63) is 57.3 Å². The second kappa shape index (κ2) is 6.01. The van der Waals surface area contributed by atoms with Crippen LogP contribution >= 0.6 is 0 Å². The number of aryl methyl sites for hydroxylation is 2. The third-order valence-electron chi connectivity index (χ3n) is 2.95. The number of rotatable bonds is 4. The van der Waals surface area contributed by atoms with E-state index in [9.17, 15) is 10.1 Å². The van der Waals surface area contributed by atoms with Crippen molar-refractivity contribution in [3.63, 3.8) is 0 Å². The van der Waals surface area contributed by atoms with Gasteiger partial charge in [0.2, 0.25) is 11.6 Å². The minimum absolute atomic E-state index is 0.0739. The first-order valence-corrected chi connectivity index (χ1v) is 6.38. The maximum absolute atomic E-state index is 11.1. The number of nitriles is 1. The molecule has 6 nitrogen and oxygen atoms in total. The van der Waals surface area contributed by atoms with Crippen LogP contribution in [-0.4, -0.2) is 9.91 Å². The average molecular weight is 283 g/mol. The zero-order valence-corrected chi connectivity index (χ0v) is 11.7. The summed E-state index contributed by atoms with van der Waals surface area (Å²) in [6.07, 6.45) is 0.688. The van der Waals surface area contributed by atoms with E-state index < -0.39 is 4.92 Å². The lowest BCUT2D eigenvalue weighted by atomic mass is 10.1. The van der Waals surface area contributed by atoms with Crippen molar-refractivity contribution in [1.29, 1.82) is 5.26 Å². The summed E-state index contributed by atoms with van der Waals surface area (Å²) in [4.78, 5) is 14.8. The summed E-state index contributed by atoms with van der Waals surface area (Å²) in [5.74, 6) is 0.150. The Labute approximate surface area is 121 Å². The highest BCUT2D eigenvalue weighted by molar-refractivity contribution is 5.51. The van der Waals surface area contributed by atoms with Crippen LogP contribution in [0.2, 0.25) is 0 Å². The van der Waals surface area contributed by atoms with Gasteiger partial charge in [-0.3, -0.25) is 10.1 Å². The molecular weight excluding hydrogens is 270 g/mol. The largest absolute Gasteiger partial charge is 0.430 e. The fourth-order valence-electron chi connectivity index (χ4n) is 1.81. The summed E-state index contributed by atoms with van der Waals surface area (Å²) in [5, 5.41) is 20.2. The first-order chi connectivity index (χ1) is 10.0. The van der Waals surface area contributed by atoms with Crippen LogP contribution in [0.3, 0.4) is 0 Å². The third kappa shape index (κ3) is 3.15. The van der Waals surface area contributed by atoms with E-state index in [1.54, 1.807) is 25.1 Å². The summed E-state index contributed by atoms with van der Waals surface area (Å²) in [5.41, 5.74) is 1.60. The second-order valence-electron chi connectivity index (χ2n) is 4.43. The lowest BCUT2D eigenvalue weighted by Crippen LogP contribution is -1.98. The SMILES string of the molecule is CCc1ccc(Oc2nc(C)ccc2C#N)c([N+](=O)[O-])c1. The topological polar surface area (TPSA) is 89.0 Å². The molecule has 0 bridgehead atoms. The molecule has 0 amide bonds. The molecule has 0 radical (unpaired) electrons. The van der Waals surface area contributed by atoms with Crippen LogP contribution in [-0.2, 0) is 6.42 Å². The van der Waals surface area contributed by atoms with Crippen molar-refractivity contribution in [3.8, 4) is 17.7 Å². The van der Waals surface area contributed by atoms with E-state index in [1.807, 2.05) is 13.0 Å². The lowest BCUT2D eigenvalue weighted by Gasteiger charge is -2.08. The summed E-state index contributed by atoms with van der Waals surface area (Å²) in [7, 11) is 0. The molecule has 1 aromatic carbocycles. The molecule has 6 heteroatoms. The quantitative estimate of drug-likeness (QED) is 0.632. The van der Waals surface area contributed by atoms with Gasteiger partial charge in [0.15, 0.2) is 0 Å². The van der Waals surface area contributed by atoms with E-state index >= 15 is 0 Å². The fourth-order valence-corrected chi connectivity index (χ4v) is 1.81. The molecule has 0 unspecified atom stereocenters. The van der Waals surface area contributed by atoms with Gasteiger partial charge >= 0.3 is 5.69 Å². The molecule has 2 rings (SSSR count). The molecule has 2 aromatic rings. The fraction of sp³-hybridized carbons (Fsp3) is 0.200. The van der Waals surface area contributed by atoms with E-state index in [2.05, 4.69) is 4.98 Å². The summed E-state index contributed by atoms with van der Waals surface area (Å²) >= 11 is 0. The van der Waals surface area contributed by atoms with E-state index in [0.29, 0.717) is 12.1 Å². The summed E-state index contributed by atoms with van der Waals surface area (Å²) in [6.45, 7) is 3.66. The first kappa shape index (κ1) is 14.5. The van der Waals surface area contributed by atoms with Crippen LogP contribution in [0.1, 0.15) is 23.7 Å². The molecule has 106 valence electrons. The van der Waals surface area contributed by atoms with Gasteiger partial charge in [-0.25, -0.2) is 4.98 Å². The van der Waals surface area contributed by atoms with Gasteiger partial charge in [-0.1, -0.05) is 13.0 Å². The van der Waals surface area contributed by atoms with Crippen LogP contribution < -0.4 is 4.74 Å². The molecule has 0 aliphatic heterocycles. The van der Waals surface area contributed by atoms with Crippen LogP contribution in [0.25, 0.3) is 0 Å². The first-order valence-electron chi connectivity index (χ1n) is 6.38. The van der Waals surface area contributed by atoms with Gasteiger partial charge in [0.05, 0.1) is 4.92 Å². The summed E-state index contributed by atoms with van der Waals surface area (Å²) in [6, 6.07) is 9.96. The predicted molar refractivity (Wildman–Crippen MR) is 76.2 cm³/mol. The Hall–Kier alpha value is -2.94. The van der Waals surface area contributed by atoms with Gasteiger partial charge in [-0.05, 0) is 37.1 Å². The molecule has 0 aliphatic carbocycles. The van der Waals surface area contributed by atoms with Crippen molar-refractivity contribution in [2.45, 2.75) is 20.3 Å². The van der Waals surface area contributed by atoms with Gasteiger partial charge in [-0.2, -0.15) is 5.26 Å². The number of ether oxygens (including phenoxy) is 1. The Kier molecular flexibility index (Phi) is 4.14. The average Bonchev–Trinajstić information content (AvgIpc) is 2.47. The molecule has 0 saturated heterocycles. The molecular formula is C15H13N3O3. The van der Waals surface area contributed by atoms with Crippen LogP contribution in [0.15, 0.2) is 30.3 Å². The van der Waals surface area contributed by atoms with Gasteiger partial charge in [-0.15, -0.1) is 0 Å². The number of aromatic nitrogens is 1. The zero-order chi connectivity index (χ0) is 15.4. The van der Waals surface area contributed by atoms with Crippen LogP contribution in [0.5, 0.6) is 11.6 Å². The van der Waals surface area contributed by atoms with E-state index in [1.165, 1.54) is 12.1 Å². The lowest BCUT2D eigenvalue weighted by molar-refractivity contribution is -0.385. The molecule has 21 heavy (non-hydrogen) atoms. The van der Waals surface area contributed by atoms with Crippen LogP contribution in [0, 0.1) is 28.4 Å². The Morgan fingerprint density at radius 3 is 2.76 bits per heavy atom. The van der Waals surface area contributed by atoms with E-state index in [-0.39, 0.29) is 22.9 Å². The molecule has 0 aliphatic rings. The zero-order valence-electron chi connectivity index (χ0n) is 11.7. The smallest absolute Gasteiger partial charge is 0.311 e. The highest BCUT2D eigenvalue weighted by atomic mass is 16.6. The van der Waals surface area contributed by atoms with Crippen molar-refractivity contribution >= 4 is 5.69 Å². The Bertz CT molecular complexity index is 735. The molecule has 1 heterocycles. The predicted octanol–water partition coefficient (Wildman–Crippen LogP) is 3.52. The Balaban J connectivity index is 2.47. The number of benzene rings is 1. The Morgan fingerprint density at radius 1 is 1.38 bits per heavy atom. The molecule has 0 N–H and O–H groups in total. The molecule has 0 atom stereocenters. The van der Waals surface area contributed by atoms with E-state index in [4.69, 9.17) is 10.00 Å². The van der Waals surface area contributed by atoms with Crippen molar-refractivity contribution in [1.82, 2.24) is 4.98 Å². The maximum atomic E-state index is 11.1. The molecule has 0 spiro atoms. The minimum atomic E-state index is -0.504. The normalized spacial score (nSPS) is 9.95. The molecule has 0 fully saturated rings. The summed E-state index contributed by atoms with van der Waals surface area (Å²) < 4.78 is 5.50. The van der Waals surface area contributed by atoms with Gasteiger partial charge < -0.3 is 4.74 Å². The number of nitro groups is 1. The number of pyridine rings is 1. The van der Waals surface area contributed by atoms with Gasteiger partial charge in [0.25, 0.3) is 0 Å².